The minimum atomic E-state index is -0.763. The lowest BCUT2D eigenvalue weighted by Gasteiger charge is -2.19. The predicted octanol–water partition coefficient (Wildman–Crippen LogP) is 17.7. The van der Waals surface area contributed by atoms with Gasteiger partial charge in [0.25, 0.3) is 0 Å². The minimum Gasteiger partial charge on any atom is -0.493 e. The van der Waals surface area contributed by atoms with E-state index in [4.69, 9.17) is 25.5 Å². The van der Waals surface area contributed by atoms with Crippen LogP contribution in [0.3, 0.4) is 0 Å². The molecule has 4 aliphatic carbocycles. The molecule has 0 saturated heterocycles. The maximum Gasteiger partial charge on any atom is 0.129 e. The van der Waals surface area contributed by atoms with Gasteiger partial charge in [0, 0.05) is 56.9 Å². The van der Waals surface area contributed by atoms with Crippen LogP contribution in [0, 0.1) is 64.8 Å². The average Bonchev–Trinajstić information content (AvgIpc) is 1.48. The summed E-state index contributed by atoms with van der Waals surface area (Å²) in [5.41, 5.74) is 31.3. The van der Waals surface area contributed by atoms with E-state index in [-0.39, 0.29) is 29.3 Å². The van der Waals surface area contributed by atoms with Crippen LogP contribution in [0.1, 0.15) is 189 Å². The summed E-state index contributed by atoms with van der Waals surface area (Å²) in [5, 5.41) is 52.7. The van der Waals surface area contributed by atoms with Gasteiger partial charge in [-0.1, -0.05) is 39.2 Å². The van der Waals surface area contributed by atoms with Crippen molar-refractivity contribution in [2.45, 2.75) is 195 Å². The van der Waals surface area contributed by atoms with Crippen LogP contribution in [-0.4, -0.2) is 62.2 Å². The average molecular weight is 1330 g/mol. The molecule has 7 aromatic rings. The lowest BCUT2D eigenvalue weighted by atomic mass is 9.90. The second kappa shape index (κ2) is 29.7. The number of aliphatic hydroxyl groups is 5. The molecule has 92 heavy (non-hydrogen) atoms. The Hall–Kier alpha value is -6.79. The molecule has 11 rings (SSSR count). The first kappa shape index (κ1) is 71.1. The summed E-state index contributed by atoms with van der Waals surface area (Å²) in [5.74, 6) is 1.20. The van der Waals surface area contributed by atoms with Gasteiger partial charge in [-0.2, -0.15) is 0 Å². The van der Waals surface area contributed by atoms with E-state index in [2.05, 4.69) is 39.8 Å². The lowest BCUT2D eigenvalue weighted by molar-refractivity contribution is 0.0546. The number of hydrogen-bond acceptors (Lipinski definition) is 10. The van der Waals surface area contributed by atoms with Crippen molar-refractivity contribution in [1.82, 2.24) is 0 Å². The van der Waals surface area contributed by atoms with E-state index in [1.54, 1.807) is 47.6 Å². The minimum absolute atomic E-state index is 0.198. The van der Waals surface area contributed by atoms with E-state index >= 15 is 0 Å². The van der Waals surface area contributed by atoms with Crippen molar-refractivity contribution in [1.29, 1.82) is 0 Å². The number of aliphatic hydroxyl groups excluding tert-OH is 2. The Labute approximate surface area is 547 Å². The van der Waals surface area contributed by atoms with Crippen LogP contribution < -0.4 is 19.9 Å². The van der Waals surface area contributed by atoms with Crippen molar-refractivity contribution >= 4 is 15.9 Å². The van der Waals surface area contributed by atoms with Crippen LogP contribution in [0.5, 0.6) is 17.2 Å². The fourth-order valence-corrected chi connectivity index (χ4v) is 13.8. The summed E-state index contributed by atoms with van der Waals surface area (Å²) in [4.78, 5) is 2.88. The zero-order valence-electron chi connectivity index (χ0n) is 55.1. The number of azide groups is 1. The van der Waals surface area contributed by atoms with E-state index < -0.39 is 35.1 Å². The molecule has 0 aromatic heterocycles. The Morgan fingerprint density at radius 3 is 1.15 bits per heavy atom. The highest BCUT2D eigenvalue weighted by Gasteiger charge is 2.32. The molecule has 0 bridgehead atoms. The van der Waals surface area contributed by atoms with E-state index in [1.807, 2.05) is 82.3 Å². The van der Waals surface area contributed by atoms with Gasteiger partial charge < -0.3 is 45.5 Å². The second-order valence-corrected chi connectivity index (χ2v) is 27.8. The highest BCUT2D eigenvalue weighted by Crippen LogP contribution is 2.46. The van der Waals surface area contributed by atoms with E-state index in [0.29, 0.717) is 93.4 Å². The zero-order chi connectivity index (χ0) is 67.3. The molecule has 0 aliphatic heterocycles. The molecule has 7 N–H and O–H groups in total. The van der Waals surface area contributed by atoms with Gasteiger partial charge in [0.15, 0.2) is 0 Å². The number of hydrogen-bond donors (Lipinski definition) is 6. The molecule has 4 atom stereocenters. The quantitative estimate of drug-likeness (QED) is 0.0235. The number of nitrogens with zero attached hydrogens (tertiary/aromatic N) is 3. The van der Waals surface area contributed by atoms with Gasteiger partial charge in [0.2, 0.25) is 0 Å². The van der Waals surface area contributed by atoms with Crippen LogP contribution in [0.25, 0.3) is 43.8 Å². The topological polar surface area (TPSA) is 204 Å². The Bertz CT molecular complexity index is 3680. The fraction of sp³-hybridized carbons (Fsp3) is 0.440. The molecule has 0 heterocycles. The zero-order valence-corrected chi connectivity index (χ0v) is 56.6. The summed E-state index contributed by atoms with van der Waals surface area (Å²) in [6, 6.07) is 24.3. The van der Waals surface area contributed by atoms with Gasteiger partial charge in [0.1, 0.15) is 40.5 Å². The third kappa shape index (κ3) is 17.1. The van der Waals surface area contributed by atoms with E-state index in [0.717, 1.165) is 130 Å². The molecule has 17 heteroatoms. The van der Waals surface area contributed by atoms with E-state index in [9.17, 15) is 43.1 Å². The van der Waals surface area contributed by atoms with Crippen molar-refractivity contribution < 1.29 is 57.3 Å². The van der Waals surface area contributed by atoms with Crippen LogP contribution in [0.15, 0.2) is 94.5 Å². The fourth-order valence-electron chi connectivity index (χ4n) is 13.2. The van der Waals surface area contributed by atoms with Gasteiger partial charge >= 0.3 is 0 Å². The Kier molecular flexibility index (Phi) is 22.9. The summed E-state index contributed by atoms with van der Waals surface area (Å²) in [6.07, 6.45) is 5.90. The molecule has 0 fully saturated rings. The number of aryl methyl sites for hydroxylation is 6. The Morgan fingerprint density at radius 1 is 0.478 bits per heavy atom. The van der Waals surface area contributed by atoms with Crippen molar-refractivity contribution in [3.8, 4) is 50.6 Å². The largest absolute Gasteiger partial charge is 0.493 e. The molecule has 4 aliphatic rings. The first-order chi connectivity index (χ1) is 43.2. The number of nitrogens with two attached hydrogens (primary N) is 1. The molecule has 0 saturated carbocycles. The molecule has 0 unspecified atom stereocenters. The van der Waals surface area contributed by atoms with Gasteiger partial charge in [-0.15, -0.1) is 0 Å². The van der Waals surface area contributed by atoms with Crippen molar-refractivity contribution in [2.75, 3.05) is 19.8 Å². The van der Waals surface area contributed by atoms with Crippen LogP contribution >= 0.6 is 15.9 Å². The summed E-state index contributed by atoms with van der Waals surface area (Å²) < 4.78 is 74.3. The van der Waals surface area contributed by atoms with Crippen LogP contribution in [0.4, 0.5) is 17.6 Å². The third-order valence-corrected chi connectivity index (χ3v) is 18.4. The number of rotatable bonds is 16. The van der Waals surface area contributed by atoms with Gasteiger partial charge in [-0.3, -0.25) is 0 Å². The molecule has 0 radical (unpaired) electrons. The van der Waals surface area contributed by atoms with Gasteiger partial charge in [-0.05, 0) is 296 Å². The van der Waals surface area contributed by atoms with Gasteiger partial charge in [-0.25, -0.2) is 17.6 Å². The smallest absolute Gasteiger partial charge is 0.129 e. The Morgan fingerprint density at radius 2 is 0.783 bits per heavy atom. The SMILES string of the molecule is Cc1cc(OCCC(C)(C)O)cc(C)c1-c1ccc(F)c2c1CC[C@@H]2O.Cc1cc(OCCC(C)(C)O)cc(C)c1-c1ccc(F)c2c1CC[C@H]2N.Cc1cc(OCCC(C)(C)O)cc(C)c1-c1ccc(F)c2c1CC[C@H]2N=[N+]=[N-].O[C@H]1CCc2c(Br)ccc(F)c21. The van der Waals surface area contributed by atoms with Gasteiger partial charge in [0.05, 0.1) is 54.9 Å². The van der Waals surface area contributed by atoms with E-state index in [1.165, 1.54) is 24.3 Å². The standard InChI is InChI=1S/C22H26FN3O2.C22H28FNO2.C22H27FO3.C9H8BrFO/c1-13-11-15(28-10-9-22(3,4)27)12-14(2)20(13)16-5-7-18(23)21-17(16)6-8-19(21)25-26-24;2*1-13-11-15(26-10-9-22(3,4)25)12-14(2)20(13)16-5-7-18(23)21-17(16)6-8-19(21)24;10-6-2-3-7(11)9-5(6)1-4-8(9)12/h5,7,11-12,19,27H,6,8-10H2,1-4H3;5,7,11-12,19,25H,6,8-10,24H2,1-4H3;5,7,11-12,19,24-25H,6,8-10H2,1-4H3;2-3,8,12H,1,4H2/t3*19-;8-/m1100/s1. The normalized spacial score (nSPS) is 17.0. The number of benzene rings is 7. The molecule has 12 nitrogen and oxygen atoms in total. The van der Waals surface area contributed by atoms with Crippen molar-refractivity contribution in [3.05, 3.63) is 201 Å². The predicted molar refractivity (Wildman–Crippen MR) is 359 cm³/mol. The monoisotopic (exact) mass is 1330 g/mol. The summed E-state index contributed by atoms with van der Waals surface area (Å²) in [6.45, 7) is 24.1. The third-order valence-electron chi connectivity index (χ3n) is 17.7. The highest BCUT2D eigenvalue weighted by atomic mass is 79.9. The second-order valence-electron chi connectivity index (χ2n) is 26.9. The maximum absolute atomic E-state index is 14.4. The first-order valence-electron chi connectivity index (χ1n) is 31.7. The van der Waals surface area contributed by atoms with Crippen molar-refractivity contribution in [2.24, 2.45) is 10.8 Å². The van der Waals surface area contributed by atoms with Crippen molar-refractivity contribution in [3.63, 3.8) is 0 Å². The molecule has 0 amide bonds. The maximum atomic E-state index is 14.4. The molecule has 492 valence electrons. The van der Waals surface area contributed by atoms with Crippen LogP contribution in [-0.2, 0) is 25.7 Å². The number of halogens is 5. The first-order valence-corrected chi connectivity index (χ1v) is 32.5. The molecular formula is C75H89BrF4N4O8. The summed E-state index contributed by atoms with van der Waals surface area (Å²) >= 11 is 3.33. The Balaban J connectivity index is 0.000000163. The lowest BCUT2D eigenvalue weighted by Crippen LogP contribution is -2.21. The molecule has 7 aromatic carbocycles. The molecule has 0 spiro atoms. The number of ether oxygens (including phenoxy) is 3. The number of fused-ring (bicyclic) bond motifs is 4. The molecular weight excluding hydrogens is 1240 g/mol. The summed E-state index contributed by atoms with van der Waals surface area (Å²) in [7, 11) is 0. The van der Waals surface area contributed by atoms with Crippen LogP contribution in [0.2, 0.25) is 0 Å². The highest BCUT2D eigenvalue weighted by molar-refractivity contribution is 9.10.